The molecule has 2 aliphatic heterocycles. The van der Waals surface area contributed by atoms with Crippen LogP contribution in [0.4, 0.5) is 15.3 Å². The van der Waals surface area contributed by atoms with Crippen molar-refractivity contribution in [3.05, 3.63) is 65.7 Å². The van der Waals surface area contributed by atoms with Crippen LogP contribution in [0, 0.1) is 12.8 Å². The molecule has 0 saturated carbocycles. The summed E-state index contributed by atoms with van der Waals surface area (Å²) in [4.78, 5) is 54.7. The maximum Gasteiger partial charge on any atom is 0.410 e. The predicted molar refractivity (Wildman–Crippen MR) is 141 cm³/mol. The number of piperidine rings is 1. The summed E-state index contributed by atoms with van der Waals surface area (Å²) in [6.45, 7) is 4.00. The Hall–Kier alpha value is -3.92. The SMILES string of the molecule is Cc1cccc(NC(=O)N[C@H](COC(=O)N2CCOCC2)C(=O)N2CCC(C(=O)c3ccccc3)CC2)c1. The van der Waals surface area contributed by atoms with Gasteiger partial charge in [0.2, 0.25) is 5.91 Å². The van der Waals surface area contributed by atoms with E-state index in [1.165, 1.54) is 4.90 Å². The molecule has 2 saturated heterocycles. The number of hydrogen-bond donors (Lipinski definition) is 2. The van der Waals surface area contributed by atoms with Gasteiger partial charge in [0.05, 0.1) is 13.2 Å². The van der Waals surface area contributed by atoms with E-state index in [4.69, 9.17) is 9.47 Å². The summed E-state index contributed by atoms with van der Waals surface area (Å²) in [5, 5.41) is 5.40. The van der Waals surface area contributed by atoms with Crippen LogP contribution in [-0.4, -0.2) is 85.7 Å². The van der Waals surface area contributed by atoms with Crippen molar-refractivity contribution in [1.82, 2.24) is 15.1 Å². The molecule has 2 N–H and O–H groups in total. The molecule has 10 nitrogen and oxygen atoms in total. The van der Waals surface area contributed by atoms with Gasteiger partial charge in [0.25, 0.3) is 0 Å². The number of benzene rings is 2. The number of rotatable bonds is 7. The second-order valence-electron chi connectivity index (χ2n) is 9.53. The number of aryl methyl sites for hydroxylation is 1. The van der Waals surface area contributed by atoms with E-state index < -0.39 is 18.2 Å². The molecule has 2 aromatic carbocycles. The summed E-state index contributed by atoms with van der Waals surface area (Å²) in [5.41, 5.74) is 2.22. The number of morpholine rings is 1. The molecule has 0 aliphatic carbocycles. The van der Waals surface area contributed by atoms with Crippen LogP contribution in [0.5, 0.6) is 0 Å². The minimum Gasteiger partial charge on any atom is -0.447 e. The molecule has 202 valence electrons. The van der Waals surface area contributed by atoms with Crippen molar-refractivity contribution >= 4 is 29.5 Å². The van der Waals surface area contributed by atoms with Gasteiger partial charge in [-0.05, 0) is 37.5 Å². The molecule has 2 heterocycles. The molecule has 0 radical (unpaired) electrons. The van der Waals surface area contributed by atoms with Gasteiger partial charge in [-0.25, -0.2) is 9.59 Å². The van der Waals surface area contributed by atoms with Crippen LogP contribution in [0.3, 0.4) is 0 Å². The average molecular weight is 523 g/mol. The molecule has 2 aromatic rings. The van der Waals surface area contributed by atoms with Crippen LogP contribution in [0.1, 0.15) is 28.8 Å². The van der Waals surface area contributed by atoms with E-state index in [9.17, 15) is 19.2 Å². The number of Topliss-reactive ketones (excluding diaryl/α,β-unsaturated/α-hetero) is 1. The third-order valence-corrected chi connectivity index (χ3v) is 6.76. The lowest BCUT2D eigenvalue weighted by atomic mass is 9.88. The van der Waals surface area contributed by atoms with Gasteiger partial charge < -0.3 is 29.9 Å². The van der Waals surface area contributed by atoms with Crippen molar-refractivity contribution in [2.75, 3.05) is 51.3 Å². The molecular weight excluding hydrogens is 488 g/mol. The Morgan fingerprint density at radius 2 is 1.66 bits per heavy atom. The summed E-state index contributed by atoms with van der Waals surface area (Å²) in [5.74, 6) is -0.453. The molecule has 2 fully saturated rings. The van der Waals surface area contributed by atoms with E-state index in [1.54, 1.807) is 23.1 Å². The first-order chi connectivity index (χ1) is 18.4. The first-order valence-corrected chi connectivity index (χ1v) is 12.9. The molecule has 0 unspecified atom stereocenters. The Kier molecular flexibility index (Phi) is 9.31. The van der Waals surface area contributed by atoms with Gasteiger partial charge in [0.1, 0.15) is 12.6 Å². The molecule has 4 amide bonds. The van der Waals surface area contributed by atoms with Gasteiger partial charge in [0.15, 0.2) is 5.78 Å². The predicted octanol–water partition coefficient (Wildman–Crippen LogP) is 3.08. The zero-order chi connectivity index (χ0) is 26.9. The number of carbonyl (C=O) groups is 4. The van der Waals surface area contributed by atoms with E-state index in [0.717, 1.165) is 5.56 Å². The number of ether oxygens (including phenoxy) is 2. The van der Waals surface area contributed by atoms with Crippen LogP contribution in [0.2, 0.25) is 0 Å². The molecule has 0 spiro atoms. The molecule has 0 aromatic heterocycles. The molecule has 4 rings (SSSR count). The molecule has 10 heteroatoms. The monoisotopic (exact) mass is 522 g/mol. The van der Waals surface area contributed by atoms with Crippen molar-refractivity contribution in [2.24, 2.45) is 5.92 Å². The Balaban J connectivity index is 1.38. The van der Waals surface area contributed by atoms with Gasteiger partial charge in [-0.1, -0.05) is 42.5 Å². The van der Waals surface area contributed by atoms with Gasteiger partial charge >= 0.3 is 12.1 Å². The lowest BCUT2D eigenvalue weighted by molar-refractivity contribution is -0.135. The summed E-state index contributed by atoms with van der Waals surface area (Å²) in [6, 6.07) is 14.8. The standard InChI is InChI=1S/C28H34N4O6/c1-20-6-5-9-23(18-20)29-27(35)30-24(19-38-28(36)32-14-16-37-17-15-32)26(34)31-12-10-22(11-13-31)25(33)21-7-3-2-4-8-21/h2-9,18,22,24H,10-17,19H2,1H3,(H2,29,30,35)/t24-/m1/s1. The summed E-state index contributed by atoms with van der Waals surface area (Å²) in [6.07, 6.45) is 0.490. The van der Waals surface area contributed by atoms with E-state index in [0.29, 0.717) is 63.5 Å². The highest BCUT2D eigenvalue weighted by molar-refractivity contribution is 5.98. The summed E-state index contributed by atoms with van der Waals surface area (Å²) < 4.78 is 10.7. The second-order valence-corrected chi connectivity index (χ2v) is 9.53. The van der Waals surface area contributed by atoms with Crippen molar-refractivity contribution in [3.63, 3.8) is 0 Å². The molecule has 2 aliphatic rings. The number of hydrogen-bond acceptors (Lipinski definition) is 6. The lowest BCUT2D eigenvalue weighted by Gasteiger charge is -2.34. The van der Waals surface area contributed by atoms with Crippen LogP contribution >= 0.6 is 0 Å². The van der Waals surface area contributed by atoms with Crippen molar-refractivity contribution < 1.29 is 28.7 Å². The van der Waals surface area contributed by atoms with Crippen molar-refractivity contribution in [3.8, 4) is 0 Å². The van der Waals surface area contributed by atoms with E-state index in [1.807, 2.05) is 43.3 Å². The maximum absolute atomic E-state index is 13.4. The Bertz CT molecular complexity index is 1130. The number of amides is 4. The number of ketones is 1. The fourth-order valence-electron chi connectivity index (χ4n) is 4.64. The number of urea groups is 1. The Morgan fingerprint density at radius 3 is 2.34 bits per heavy atom. The third-order valence-electron chi connectivity index (χ3n) is 6.76. The first kappa shape index (κ1) is 27.1. The highest BCUT2D eigenvalue weighted by Gasteiger charge is 2.33. The van der Waals surface area contributed by atoms with Gasteiger partial charge in [-0.15, -0.1) is 0 Å². The van der Waals surface area contributed by atoms with Crippen LogP contribution in [0.15, 0.2) is 54.6 Å². The number of nitrogens with one attached hydrogen (secondary N) is 2. The van der Waals surface area contributed by atoms with Crippen LogP contribution in [-0.2, 0) is 14.3 Å². The average Bonchev–Trinajstić information content (AvgIpc) is 2.95. The fraction of sp³-hybridized carbons (Fsp3) is 0.429. The van der Waals surface area contributed by atoms with Gasteiger partial charge in [-0.2, -0.15) is 0 Å². The van der Waals surface area contributed by atoms with Crippen LogP contribution < -0.4 is 10.6 Å². The normalized spacial score (nSPS) is 16.9. The summed E-state index contributed by atoms with van der Waals surface area (Å²) in [7, 11) is 0. The van der Waals surface area contributed by atoms with E-state index >= 15 is 0 Å². The number of nitrogens with zero attached hydrogens (tertiary/aromatic N) is 2. The highest BCUT2D eigenvalue weighted by Crippen LogP contribution is 2.22. The highest BCUT2D eigenvalue weighted by atomic mass is 16.6. The van der Waals surface area contributed by atoms with E-state index in [2.05, 4.69) is 10.6 Å². The van der Waals surface area contributed by atoms with Crippen LogP contribution in [0.25, 0.3) is 0 Å². The number of likely N-dealkylation sites (tertiary alicyclic amines) is 1. The molecule has 38 heavy (non-hydrogen) atoms. The number of carbonyl (C=O) groups excluding carboxylic acids is 4. The Morgan fingerprint density at radius 1 is 0.947 bits per heavy atom. The number of anilines is 1. The summed E-state index contributed by atoms with van der Waals surface area (Å²) >= 11 is 0. The zero-order valence-electron chi connectivity index (χ0n) is 21.6. The lowest BCUT2D eigenvalue weighted by Crippen LogP contribution is -2.54. The largest absolute Gasteiger partial charge is 0.447 e. The molecule has 1 atom stereocenters. The minimum atomic E-state index is -1.08. The van der Waals surface area contributed by atoms with Gasteiger partial charge in [0, 0.05) is 43.3 Å². The van der Waals surface area contributed by atoms with Crippen molar-refractivity contribution in [2.45, 2.75) is 25.8 Å². The molecule has 0 bridgehead atoms. The fourth-order valence-corrected chi connectivity index (χ4v) is 4.64. The van der Waals surface area contributed by atoms with Crippen molar-refractivity contribution in [1.29, 1.82) is 0 Å². The quantitative estimate of drug-likeness (QED) is 0.540. The molecular formula is C28H34N4O6. The second kappa shape index (κ2) is 13.0. The smallest absolute Gasteiger partial charge is 0.410 e. The van der Waals surface area contributed by atoms with Gasteiger partial charge in [-0.3, -0.25) is 9.59 Å². The topological polar surface area (TPSA) is 117 Å². The zero-order valence-corrected chi connectivity index (χ0v) is 21.6. The third kappa shape index (κ3) is 7.32. The van der Waals surface area contributed by atoms with E-state index in [-0.39, 0.29) is 24.2 Å². The Labute approximate surface area is 222 Å². The maximum atomic E-state index is 13.4. The minimum absolute atomic E-state index is 0.0735. The first-order valence-electron chi connectivity index (χ1n) is 12.9.